The number of aliphatic carboxylic acids is 1. The molecule has 0 saturated carbocycles. The molecule has 2 fully saturated rings. The van der Waals surface area contributed by atoms with Gasteiger partial charge in [-0.25, -0.2) is 0 Å². The van der Waals surface area contributed by atoms with E-state index in [9.17, 15) is 40.5 Å². The topological polar surface area (TPSA) is 196 Å². The molecular formula is C21H30O12S. The Bertz CT molecular complexity index is 782. The first-order valence-electron chi connectivity index (χ1n) is 10.6. The van der Waals surface area contributed by atoms with E-state index in [-0.39, 0.29) is 5.75 Å². The maximum atomic E-state index is 11.7. The van der Waals surface area contributed by atoms with Gasteiger partial charge < -0.3 is 54.7 Å². The summed E-state index contributed by atoms with van der Waals surface area (Å²) in [5.41, 5.74) is 0.522. The average Bonchev–Trinajstić information content (AvgIpc) is 2.83. The van der Waals surface area contributed by atoms with Gasteiger partial charge >= 0.3 is 5.97 Å². The minimum Gasteiger partial charge on any atom is -0.480 e. The van der Waals surface area contributed by atoms with E-state index < -0.39 is 79.2 Å². The summed E-state index contributed by atoms with van der Waals surface area (Å²) in [7, 11) is 1.24. The van der Waals surface area contributed by atoms with Crippen molar-refractivity contribution in [2.75, 3.05) is 19.5 Å². The zero-order valence-corrected chi connectivity index (χ0v) is 19.0. The molecule has 0 aliphatic carbocycles. The van der Waals surface area contributed by atoms with E-state index in [1.54, 1.807) is 30.3 Å². The Labute approximate surface area is 199 Å². The van der Waals surface area contributed by atoms with Crippen LogP contribution in [0.1, 0.15) is 10.8 Å². The fourth-order valence-corrected chi connectivity index (χ4v) is 5.02. The molecule has 0 aromatic heterocycles. The highest BCUT2D eigenvalue weighted by molar-refractivity contribution is 8.00. The van der Waals surface area contributed by atoms with Crippen molar-refractivity contribution in [1.29, 1.82) is 0 Å². The molecule has 2 aliphatic rings. The zero-order chi connectivity index (χ0) is 25.0. The van der Waals surface area contributed by atoms with E-state index in [1.807, 2.05) is 0 Å². The summed E-state index contributed by atoms with van der Waals surface area (Å²) in [5.74, 6) is -1.19. The molecular weight excluding hydrogens is 476 g/mol. The molecule has 34 heavy (non-hydrogen) atoms. The van der Waals surface area contributed by atoms with E-state index >= 15 is 0 Å². The summed E-state index contributed by atoms with van der Waals surface area (Å²) < 4.78 is 21.5. The Balaban J connectivity index is 1.71. The fourth-order valence-electron chi connectivity index (χ4n) is 3.87. The third-order valence-corrected chi connectivity index (χ3v) is 7.09. The Morgan fingerprint density at radius 2 is 1.56 bits per heavy atom. The molecule has 12 nitrogen and oxygen atoms in total. The van der Waals surface area contributed by atoms with Crippen molar-refractivity contribution >= 4 is 17.7 Å². The van der Waals surface area contributed by atoms with Crippen LogP contribution in [0.15, 0.2) is 30.3 Å². The first-order valence-corrected chi connectivity index (χ1v) is 11.6. The van der Waals surface area contributed by atoms with Crippen molar-refractivity contribution < 1.29 is 59.5 Å². The predicted molar refractivity (Wildman–Crippen MR) is 116 cm³/mol. The van der Waals surface area contributed by atoms with Gasteiger partial charge in [-0.2, -0.15) is 0 Å². The summed E-state index contributed by atoms with van der Waals surface area (Å²) in [6.07, 6.45) is -14.7. The van der Waals surface area contributed by atoms with Gasteiger partial charge in [-0.3, -0.25) is 4.79 Å². The number of ether oxygens (including phenoxy) is 4. The highest BCUT2D eigenvalue weighted by Gasteiger charge is 2.50. The van der Waals surface area contributed by atoms with E-state index in [1.165, 1.54) is 7.11 Å². The molecule has 192 valence electrons. The molecule has 0 bridgehead atoms. The average molecular weight is 507 g/mol. The SMILES string of the molecule is CO[C@@H]1O[C@@H](CO)[C@@H](O[C@@H]2O[C@@H](CSC(C(=O)O)c3ccccc3)[C@H](O)[C@H](O)[C@@H]2O)[C@H](O)[C@@H]1O. The lowest BCUT2D eigenvalue weighted by molar-refractivity contribution is -0.353. The van der Waals surface area contributed by atoms with E-state index in [2.05, 4.69) is 0 Å². The van der Waals surface area contributed by atoms with Gasteiger partial charge in [-0.05, 0) is 5.56 Å². The molecule has 0 amide bonds. The van der Waals surface area contributed by atoms with E-state index in [0.717, 1.165) is 11.8 Å². The van der Waals surface area contributed by atoms with Crippen LogP contribution in [0.4, 0.5) is 0 Å². The van der Waals surface area contributed by atoms with Crippen LogP contribution in [0, 0.1) is 0 Å². The Hall–Kier alpha value is -1.36. The number of rotatable bonds is 9. The van der Waals surface area contributed by atoms with Gasteiger partial charge in [0.25, 0.3) is 0 Å². The Kier molecular flexibility index (Phi) is 9.65. The van der Waals surface area contributed by atoms with Crippen LogP contribution in [-0.4, -0.2) is 123 Å². The molecule has 0 radical (unpaired) electrons. The van der Waals surface area contributed by atoms with Gasteiger partial charge in [-0.15, -0.1) is 11.8 Å². The van der Waals surface area contributed by atoms with Crippen LogP contribution in [0.2, 0.25) is 0 Å². The smallest absolute Gasteiger partial charge is 0.321 e. The highest BCUT2D eigenvalue weighted by Crippen LogP contribution is 2.34. The molecule has 3 rings (SSSR count). The number of carboxylic acid groups (broad SMARTS) is 1. The third-order valence-electron chi connectivity index (χ3n) is 5.77. The van der Waals surface area contributed by atoms with Crippen molar-refractivity contribution in [2.24, 2.45) is 0 Å². The molecule has 1 aromatic carbocycles. The number of hydrogen-bond acceptors (Lipinski definition) is 12. The third kappa shape index (κ3) is 5.88. The minimum absolute atomic E-state index is 0.0851. The lowest BCUT2D eigenvalue weighted by Crippen LogP contribution is -2.64. The largest absolute Gasteiger partial charge is 0.480 e. The minimum atomic E-state index is -1.75. The Morgan fingerprint density at radius 1 is 0.941 bits per heavy atom. The van der Waals surface area contributed by atoms with Crippen molar-refractivity contribution in [3.63, 3.8) is 0 Å². The summed E-state index contributed by atoms with van der Waals surface area (Å²) in [4.78, 5) is 11.7. The normalized spacial score (nSPS) is 39.5. The van der Waals surface area contributed by atoms with Crippen molar-refractivity contribution in [1.82, 2.24) is 0 Å². The molecule has 2 saturated heterocycles. The van der Waals surface area contributed by atoms with E-state index in [0.29, 0.717) is 5.56 Å². The van der Waals surface area contributed by atoms with Gasteiger partial charge in [0.15, 0.2) is 12.6 Å². The van der Waals surface area contributed by atoms with Crippen molar-refractivity contribution in [3.05, 3.63) is 35.9 Å². The van der Waals surface area contributed by atoms with Crippen LogP contribution < -0.4 is 0 Å². The second-order valence-corrected chi connectivity index (χ2v) is 9.16. The number of aliphatic hydroxyl groups is 6. The quantitative estimate of drug-likeness (QED) is 0.191. The lowest BCUT2D eigenvalue weighted by atomic mass is 9.97. The molecule has 2 heterocycles. The van der Waals surface area contributed by atoms with Gasteiger partial charge in [0, 0.05) is 12.9 Å². The standard InChI is InChI=1S/C21H30O12S/c1-30-20-16(27)14(25)17(10(7-22)31-20)33-21-15(26)13(24)12(23)11(32-21)8-34-18(19(28)29)9-5-3-2-4-6-9/h2-6,10-18,20-27H,7-8H2,1H3,(H,28,29)/t10-,11-,12-,13-,14+,15-,16-,17+,18?,20+,21-/m0/s1. The van der Waals surface area contributed by atoms with E-state index in [4.69, 9.17) is 18.9 Å². The van der Waals surface area contributed by atoms with Crippen LogP contribution in [-0.2, 0) is 23.7 Å². The number of hydrogen-bond donors (Lipinski definition) is 7. The molecule has 7 N–H and O–H groups in total. The number of aliphatic hydroxyl groups excluding tert-OH is 6. The predicted octanol–water partition coefficient (Wildman–Crippen LogP) is -2.18. The monoisotopic (exact) mass is 506 g/mol. The van der Waals surface area contributed by atoms with Gasteiger partial charge in [0.1, 0.15) is 48.0 Å². The molecule has 11 atom stereocenters. The summed E-state index contributed by atoms with van der Waals surface area (Å²) >= 11 is 0.950. The Morgan fingerprint density at radius 3 is 2.15 bits per heavy atom. The molecule has 1 unspecified atom stereocenters. The van der Waals surface area contributed by atoms with Gasteiger partial charge in [0.2, 0.25) is 0 Å². The van der Waals surface area contributed by atoms with Crippen LogP contribution in [0.5, 0.6) is 0 Å². The number of carboxylic acids is 1. The van der Waals surface area contributed by atoms with Crippen molar-refractivity contribution in [3.8, 4) is 0 Å². The number of thioether (sulfide) groups is 1. The lowest BCUT2D eigenvalue weighted by Gasteiger charge is -2.46. The molecule has 2 aliphatic heterocycles. The van der Waals surface area contributed by atoms with Crippen LogP contribution >= 0.6 is 11.8 Å². The first kappa shape index (κ1) is 27.2. The number of benzene rings is 1. The van der Waals surface area contributed by atoms with Gasteiger partial charge in [0.05, 0.1) is 12.7 Å². The zero-order valence-electron chi connectivity index (χ0n) is 18.2. The number of carbonyl (C=O) groups is 1. The van der Waals surface area contributed by atoms with Crippen molar-refractivity contribution in [2.45, 2.75) is 66.7 Å². The number of methoxy groups -OCH3 is 1. The fraction of sp³-hybridized carbons (Fsp3) is 0.667. The molecule has 0 spiro atoms. The molecule has 13 heteroatoms. The highest BCUT2D eigenvalue weighted by atomic mass is 32.2. The van der Waals surface area contributed by atoms with Gasteiger partial charge in [-0.1, -0.05) is 30.3 Å². The molecule has 1 aromatic rings. The maximum Gasteiger partial charge on any atom is 0.321 e. The maximum absolute atomic E-state index is 11.7. The summed E-state index contributed by atoms with van der Waals surface area (Å²) in [6.45, 7) is -0.626. The second kappa shape index (κ2) is 12.1. The second-order valence-electron chi connectivity index (χ2n) is 8.02. The summed E-state index contributed by atoms with van der Waals surface area (Å²) in [6, 6.07) is 8.42. The van der Waals surface area contributed by atoms with Crippen LogP contribution in [0.3, 0.4) is 0 Å². The first-order chi connectivity index (χ1) is 16.2. The van der Waals surface area contributed by atoms with Crippen LogP contribution in [0.25, 0.3) is 0 Å². The summed E-state index contributed by atoms with van der Waals surface area (Å²) in [5, 5.41) is 69.9.